The Hall–Kier alpha value is -2.18. The van der Waals surface area contributed by atoms with Crippen LogP contribution in [-0.2, 0) is 16.4 Å². The highest BCUT2D eigenvalue weighted by Crippen LogP contribution is 2.19. The maximum Gasteiger partial charge on any atom is 0.240 e. The van der Waals surface area contributed by atoms with Crippen LogP contribution < -0.4 is 4.72 Å². The Balaban J connectivity index is 1.63. The van der Waals surface area contributed by atoms with Gasteiger partial charge in [-0.3, -0.25) is 0 Å². The number of oxazole rings is 1. The van der Waals surface area contributed by atoms with Gasteiger partial charge >= 0.3 is 0 Å². The van der Waals surface area contributed by atoms with Gasteiger partial charge in [0.25, 0.3) is 0 Å². The summed E-state index contributed by atoms with van der Waals surface area (Å²) in [5.74, 6) is 0.519. The Morgan fingerprint density at radius 3 is 2.70 bits per heavy atom. The summed E-state index contributed by atoms with van der Waals surface area (Å²) < 4.78 is 32.6. The molecule has 1 aromatic heterocycles. The van der Waals surface area contributed by atoms with Crippen LogP contribution in [0.3, 0.4) is 0 Å². The van der Waals surface area contributed by atoms with E-state index in [-0.39, 0.29) is 4.90 Å². The van der Waals surface area contributed by atoms with Gasteiger partial charge in [-0.25, -0.2) is 18.1 Å². The summed E-state index contributed by atoms with van der Waals surface area (Å²) >= 11 is 0. The van der Waals surface area contributed by atoms with E-state index >= 15 is 0 Å². The second-order valence-electron chi connectivity index (χ2n) is 5.35. The van der Waals surface area contributed by atoms with Crippen molar-refractivity contribution in [1.82, 2.24) is 9.71 Å². The van der Waals surface area contributed by atoms with E-state index in [4.69, 9.17) is 4.42 Å². The molecule has 0 amide bonds. The van der Waals surface area contributed by atoms with Gasteiger partial charge in [-0.2, -0.15) is 0 Å². The van der Waals surface area contributed by atoms with Crippen LogP contribution in [0.4, 0.5) is 0 Å². The van der Waals surface area contributed by atoms with Crippen molar-refractivity contribution in [1.29, 1.82) is 0 Å². The average Bonchev–Trinajstić information content (AvgIpc) is 2.92. The number of hydrogen-bond acceptors (Lipinski definition) is 4. The predicted molar refractivity (Wildman–Crippen MR) is 88.7 cm³/mol. The summed E-state index contributed by atoms with van der Waals surface area (Å²) in [6.45, 7) is 2.13. The fourth-order valence-corrected chi connectivity index (χ4v) is 3.51. The minimum Gasteiger partial charge on any atom is -0.441 e. The second kappa shape index (κ2) is 6.52. The molecule has 23 heavy (non-hydrogen) atoms. The molecule has 5 nitrogen and oxygen atoms in total. The van der Waals surface area contributed by atoms with Crippen LogP contribution in [0.5, 0.6) is 0 Å². The molecule has 3 aromatic rings. The number of rotatable bonds is 6. The van der Waals surface area contributed by atoms with E-state index in [2.05, 4.69) is 9.71 Å². The number of aromatic nitrogens is 1. The van der Waals surface area contributed by atoms with Crippen LogP contribution in [0.1, 0.15) is 17.9 Å². The number of nitrogens with one attached hydrogen (secondary N) is 1. The maximum atomic E-state index is 12.3. The van der Waals surface area contributed by atoms with E-state index in [9.17, 15) is 8.42 Å². The number of nitrogens with zero attached hydrogens (tertiary/aromatic N) is 1. The highest BCUT2D eigenvalue weighted by molar-refractivity contribution is 7.89. The van der Waals surface area contributed by atoms with Crippen molar-refractivity contribution in [2.75, 3.05) is 6.54 Å². The molecule has 0 spiro atoms. The Morgan fingerprint density at radius 1 is 1.13 bits per heavy atom. The lowest BCUT2D eigenvalue weighted by Gasteiger charge is -2.06. The molecule has 0 fully saturated rings. The fraction of sp³-hybridized carbons (Fsp3) is 0.235. The van der Waals surface area contributed by atoms with Gasteiger partial charge in [0.2, 0.25) is 10.0 Å². The summed E-state index contributed by atoms with van der Waals surface area (Å²) in [5, 5.41) is 0. The molecule has 1 heterocycles. The number of benzene rings is 2. The van der Waals surface area contributed by atoms with Gasteiger partial charge in [-0.1, -0.05) is 30.3 Å². The largest absolute Gasteiger partial charge is 0.441 e. The van der Waals surface area contributed by atoms with Gasteiger partial charge in [-0.05, 0) is 36.6 Å². The van der Waals surface area contributed by atoms with Gasteiger partial charge in [0, 0.05) is 13.5 Å². The van der Waals surface area contributed by atoms with Crippen molar-refractivity contribution in [3.05, 3.63) is 60.0 Å². The molecule has 120 valence electrons. The van der Waals surface area contributed by atoms with E-state index in [1.54, 1.807) is 13.0 Å². The summed E-state index contributed by atoms with van der Waals surface area (Å²) in [6.07, 6.45) is 1.58. The molecule has 0 aliphatic rings. The molecular formula is C17H18N2O3S. The highest BCUT2D eigenvalue weighted by Gasteiger charge is 2.15. The molecule has 2 aromatic carbocycles. The Labute approximate surface area is 135 Å². The summed E-state index contributed by atoms with van der Waals surface area (Å²) in [7, 11) is -3.53. The molecule has 0 unspecified atom stereocenters. The lowest BCUT2D eigenvalue weighted by Crippen LogP contribution is -2.25. The third kappa shape index (κ3) is 3.78. The van der Waals surface area contributed by atoms with E-state index in [1.165, 1.54) is 17.7 Å². The van der Waals surface area contributed by atoms with E-state index in [1.807, 2.05) is 30.3 Å². The molecule has 1 N–H and O–H groups in total. The van der Waals surface area contributed by atoms with Crippen molar-refractivity contribution in [3.63, 3.8) is 0 Å². The van der Waals surface area contributed by atoms with Gasteiger partial charge < -0.3 is 4.42 Å². The second-order valence-corrected chi connectivity index (χ2v) is 7.12. The van der Waals surface area contributed by atoms with Crippen molar-refractivity contribution >= 4 is 21.1 Å². The van der Waals surface area contributed by atoms with Crippen molar-refractivity contribution < 1.29 is 12.8 Å². The van der Waals surface area contributed by atoms with Crippen LogP contribution in [0, 0.1) is 6.92 Å². The van der Waals surface area contributed by atoms with Crippen LogP contribution in [0.2, 0.25) is 0 Å². The third-order valence-electron chi connectivity index (χ3n) is 3.55. The Bertz CT molecular complexity index is 902. The molecule has 0 radical (unpaired) electrons. The van der Waals surface area contributed by atoms with Crippen molar-refractivity contribution in [2.45, 2.75) is 24.7 Å². The Kier molecular flexibility index (Phi) is 4.45. The van der Waals surface area contributed by atoms with E-state index in [0.29, 0.717) is 23.5 Å². The third-order valence-corrected chi connectivity index (χ3v) is 5.01. The van der Waals surface area contributed by atoms with E-state index in [0.717, 1.165) is 12.8 Å². The molecule has 0 saturated carbocycles. The summed E-state index contributed by atoms with van der Waals surface area (Å²) in [6, 6.07) is 14.7. The minimum atomic E-state index is -3.53. The van der Waals surface area contributed by atoms with E-state index < -0.39 is 10.0 Å². The first-order valence-electron chi connectivity index (χ1n) is 7.45. The zero-order valence-electron chi connectivity index (χ0n) is 12.8. The van der Waals surface area contributed by atoms with Crippen LogP contribution >= 0.6 is 0 Å². The quantitative estimate of drug-likeness (QED) is 0.705. The molecular weight excluding hydrogens is 312 g/mol. The van der Waals surface area contributed by atoms with Crippen molar-refractivity contribution in [3.8, 4) is 0 Å². The maximum absolute atomic E-state index is 12.3. The number of sulfonamides is 1. The van der Waals surface area contributed by atoms with Crippen LogP contribution in [0.15, 0.2) is 57.8 Å². The first kappa shape index (κ1) is 15.7. The first-order valence-corrected chi connectivity index (χ1v) is 8.94. The average molecular weight is 330 g/mol. The number of fused-ring (bicyclic) bond motifs is 1. The van der Waals surface area contributed by atoms with Gasteiger partial charge in [0.1, 0.15) is 5.52 Å². The molecule has 0 saturated heterocycles. The Morgan fingerprint density at radius 2 is 1.91 bits per heavy atom. The first-order chi connectivity index (χ1) is 11.0. The van der Waals surface area contributed by atoms with Crippen molar-refractivity contribution in [2.24, 2.45) is 0 Å². The van der Waals surface area contributed by atoms with Crippen LogP contribution in [0.25, 0.3) is 11.1 Å². The molecule has 6 heteroatoms. The monoisotopic (exact) mass is 330 g/mol. The topological polar surface area (TPSA) is 72.2 Å². The summed E-state index contributed by atoms with van der Waals surface area (Å²) in [4.78, 5) is 4.37. The lowest BCUT2D eigenvalue weighted by molar-refractivity contribution is 0.561. The molecule has 0 aliphatic carbocycles. The molecule has 0 aliphatic heterocycles. The number of aryl methyl sites for hydroxylation is 2. The predicted octanol–water partition coefficient (Wildman–Crippen LogP) is 3.05. The zero-order valence-corrected chi connectivity index (χ0v) is 13.6. The minimum absolute atomic E-state index is 0.206. The number of hydrogen-bond donors (Lipinski definition) is 1. The lowest BCUT2D eigenvalue weighted by atomic mass is 10.1. The fourth-order valence-electron chi connectivity index (χ4n) is 2.42. The standard InChI is InChI=1S/C17H18N2O3S/c1-13-19-16-12-15(9-10-17(16)22-13)23(20,21)18-11-5-8-14-6-3-2-4-7-14/h2-4,6-7,9-10,12,18H,5,8,11H2,1H3. The molecule has 0 bridgehead atoms. The van der Waals surface area contributed by atoms with Crippen LogP contribution in [-0.4, -0.2) is 19.9 Å². The van der Waals surface area contributed by atoms with Gasteiger partial charge in [-0.15, -0.1) is 0 Å². The van der Waals surface area contributed by atoms with Gasteiger partial charge in [0.05, 0.1) is 4.90 Å². The zero-order chi connectivity index (χ0) is 16.3. The highest BCUT2D eigenvalue weighted by atomic mass is 32.2. The smallest absolute Gasteiger partial charge is 0.240 e. The van der Waals surface area contributed by atoms with Gasteiger partial charge in [0.15, 0.2) is 11.5 Å². The summed E-state index contributed by atoms with van der Waals surface area (Å²) in [5.41, 5.74) is 2.34. The molecule has 0 atom stereocenters. The normalized spacial score (nSPS) is 11.9. The molecule has 3 rings (SSSR count). The SMILES string of the molecule is Cc1nc2cc(S(=O)(=O)NCCCc3ccccc3)ccc2o1.